The van der Waals surface area contributed by atoms with Crippen LogP contribution in [0.5, 0.6) is 0 Å². The summed E-state index contributed by atoms with van der Waals surface area (Å²) in [5.74, 6) is 0.739. The molecule has 0 bridgehead atoms. The van der Waals surface area contributed by atoms with Gasteiger partial charge in [0.25, 0.3) is 0 Å². The van der Waals surface area contributed by atoms with Gasteiger partial charge in [0.05, 0.1) is 6.04 Å². The molecule has 0 spiro atoms. The summed E-state index contributed by atoms with van der Waals surface area (Å²) in [6.45, 7) is 4.18. The summed E-state index contributed by atoms with van der Waals surface area (Å²) in [5.41, 5.74) is 0.435. The number of hydrogen-bond donors (Lipinski definition) is 1. The van der Waals surface area contributed by atoms with E-state index in [0.717, 1.165) is 5.82 Å². The molecule has 86 valence electrons. The predicted octanol–water partition coefficient (Wildman–Crippen LogP) is 3.50. The van der Waals surface area contributed by atoms with Crippen molar-refractivity contribution in [3.63, 3.8) is 0 Å². The zero-order valence-electron chi connectivity index (χ0n) is 9.77. The maximum Gasteiger partial charge on any atom is 0.142 e. The topological polar surface area (TPSA) is 48.7 Å². The number of anilines is 1. The summed E-state index contributed by atoms with van der Waals surface area (Å²) in [4.78, 5) is 6.76. The molecule has 3 nitrogen and oxygen atoms in total. The second-order valence-corrected chi connectivity index (χ2v) is 5.15. The molecule has 2 rings (SSSR count). The molecule has 2 heterocycles. The highest BCUT2D eigenvalue weighted by Gasteiger charge is 2.08. The van der Waals surface area contributed by atoms with E-state index in [0.29, 0.717) is 5.69 Å². The highest BCUT2D eigenvalue weighted by molar-refractivity contribution is 7.12. The lowest BCUT2D eigenvalue weighted by Gasteiger charge is -2.12. The molecular formula is C13H13N3S. The number of thiophene rings is 1. The van der Waals surface area contributed by atoms with E-state index in [9.17, 15) is 0 Å². The fourth-order valence-corrected chi connectivity index (χ4v) is 2.44. The van der Waals surface area contributed by atoms with Gasteiger partial charge in [-0.2, -0.15) is 5.26 Å². The van der Waals surface area contributed by atoms with E-state index in [-0.39, 0.29) is 6.04 Å². The fraction of sp³-hybridized carbons (Fsp3) is 0.231. The normalized spacial score (nSPS) is 11.8. The summed E-state index contributed by atoms with van der Waals surface area (Å²) in [5, 5.41) is 12.1. The molecule has 0 aliphatic heterocycles. The first-order valence-corrected chi connectivity index (χ1v) is 6.20. The van der Waals surface area contributed by atoms with Crippen LogP contribution >= 0.6 is 11.3 Å². The van der Waals surface area contributed by atoms with Crippen LogP contribution in [-0.2, 0) is 0 Å². The standard InChI is InChI=1S/C13H13N3S/c1-9-6-7-12(17-9)10(2)15-13-5-3-4-11(8-14)16-13/h3-7,10H,1-2H3,(H,15,16). The van der Waals surface area contributed by atoms with E-state index in [2.05, 4.69) is 36.3 Å². The Bertz CT molecular complexity index is 554. The van der Waals surface area contributed by atoms with Crippen LogP contribution in [0.2, 0.25) is 0 Å². The van der Waals surface area contributed by atoms with Crippen molar-refractivity contribution in [3.05, 3.63) is 45.8 Å². The zero-order chi connectivity index (χ0) is 12.3. The molecule has 1 atom stereocenters. The van der Waals surface area contributed by atoms with Gasteiger partial charge >= 0.3 is 0 Å². The molecule has 0 aromatic carbocycles. The minimum atomic E-state index is 0.204. The molecule has 0 saturated carbocycles. The van der Waals surface area contributed by atoms with E-state index >= 15 is 0 Å². The Morgan fingerprint density at radius 2 is 2.18 bits per heavy atom. The van der Waals surface area contributed by atoms with E-state index in [1.54, 1.807) is 17.4 Å². The van der Waals surface area contributed by atoms with Crippen molar-refractivity contribution in [2.45, 2.75) is 19.9 Å². The first kappa shape index (κ1) is 11.6. The third-order valence-electron chi connectivity index (χ3n) is 2.42. The van der Waals surface area contributed by atoms with Crippen molar-refractivity contribution >= 4 is 17.2 Å². The molecule has 0 fully saturated rings. The quantitative estimate of drug-likeness (QED) is 0.897. The van der Waals surface area contributed by atoms with Gasteiger partial charge in [0.2, 0.25) is 0 Å². The summed E-state index contributed by atoms with van der Waals surface area (Å²) in [7, 11) is 0. The fourth-order valence-electron chi connectivity index (χ4n) is 1.56. The Labute approximate surface area is 105 Å². The highest BCUT2D eigenvalue weighted by Crippen LogP contribution is 2.25. The van der Waals surface area contributed by atoms with Crippen LogP contribution in [-0.4, -0.2) is 4.98 Å². The van der Waals surface area contributed by atoms with Crippen LogP contribution in [0.25, 0.3) is 0 Å². The lowest BCUT2D eigenvalue weighted by molar-refractivity contribution is 0.895. The minimum absolute atomic E-state index is 0.204. The van der Waals surface area contributed by atoms with Crippen LogP contribution in [0.15, 0.2) is 30.3 Å². The van der Waals surface area contributed by atoms with Gasteiger partial charge in [0.15, 0.2) is 0 Å². The maximum absolute atomic E-state index is 8.78. The summed E-state index contributed by atoms with van der Waals surface area (Å²) >= 11 is 1.77. The van der Waals surface area contributed by atoms with E-state index in [1.165, 1.54) is 9.75 Å². The molecule has 1 unspecified atom stereocenters. The number of rotatable bonds is 3. The highest BCUT2D eigenvalue weighted by atomic mass is 32.1. The molecule has 1 N–H and O–H groups in total. The van der Waals surface area contributed by atoms with Crippen molar-refractivity contribution < 1.29 is 0 Å². The molecule has 17 heavy (non-hydrogen) atoms. The second kappa shape index (κ2) is 4.98. The van der Waals surface area contributed by atoms with Crippen LogP contribution < -0.4 is 5.32 Å². The number of nitrogens with one attached hydrogen (secondary N) is 1. The number of nitrogens with zero attached hydrogens (tertiary/aromatic N) is 2. The number of hydrogen-bond acceptors (Lipinski definition) is 4. The summed E-state index contributed by atoms with van der Waals surface area (Å²) in [6.07, 6.45) is 0. The van der Waals surface area contributed by atoms with Crippen LogP contribution in [0, 0.1) is 18.3 Å². The molecule has 0 aliphatic carbocycles. The van der Waals surface area contributed by atoms with Gasteiger partial charge in [-0.05, 0) is 38.1 Å². The van der Waals surface area contributed by atoms with Gasteiger partial charge in [-0.1, -0.05) is 6.07 Å². The Kier molecular flexibility index (Phi) is 3.40. The van der Waals surface area contributed by atoms with Gasteiger partial charge < -0.3 is 5.32 Å². The number of pyridine rings is 1. The Hall–Kier alpha value is -1.86. The van der Waals surface area contributed by atoms with Gasteiger partial charge in [-0.25, -0.2) is 4.98 Å². The first-order valence-electron chi connectivity index (χ1n) is 5.39. The Morgan fingerprint density at radius 1 is 1.35 bits per heavy atom. The van der Waals surface area contributed by atoms with Gasteiger partial charge in [0, 0.05) is 9.75 Å². The van der Waals surface area contributed by atoms with Crippen molar-refractivity contribution in [1.82, 2.24) is 4.98 Å². The molecule has 2 aromatic heterocycles. The van der Waals surface area contributed by atoms with E-state index in [4.69, 9.17) is 5.26 Å². The predicted molar refractivity (Wildman–Crippen MR) is 70.0 cm³/mol. The number of nitriles is 1. The average molecular weight is 243 g/mol. The molecule has 2 aromatic rings. The largest absolute Gasteiger partial charge is 0.363 e. The Morgan fingerprint density at radius 3 is 2.82 bits per heavy atom. The van der Waals surface area contributed by atoms with E-state index in [1.807, 2.05) is 18.2 Å². The SMILES string of the molecule is Cc1ccc(C(C)Nc2cccc(C#N)n2)s1. The summed E-state index contributed by atoms with van der Waals surface area (Å²) < 4.78 is 0. The molecular weight excluding hydrogens is 230 g/mol. The Balaban J connectivity index is 2.13. The van der Waals surface area contributed by atoms with E-state index < -0.39 is 0 Å². The molecule has 0 saturated heterocycles. The maximum atomic E-state index is 8.78. The zero-order valence-corrected chi connectivity index (χ0v) is 10.6. The van der Waals surface area contributed by atoms with Gasteiger partial charge in [-0.15, -0.1) is 11.3 Å². The third kappa shape index (κ3) is 2.83. The van der Waals surface area contributed by atoms with Crippen LogP contribution in [0.1, 0.15) is 28.4 Å². The lowest BCUT2D eigenvalue weighted by atomic mass is 10.2. The average Bonchev–Trinajstić information content (AvgIpc) is 2.76. The van der Waals surface area contributed by atoms with Gasteiger partial charge in [0.1, 0.15) is 17.6 Å². The molecule has 0 amide bonds. The molecule has 0 aliphatic rings. The number of aryl methyl sites for hydroxylation is 1. The van der Waals surface area contributed by atoms with Crippen LogP contribution in [0.4, 0.5) is 5.82 Å². The minimum Gasteiger partial charge on any atom is -0.363 e. The smallest absolute Gasteiger partial charge is 0.142 e. The van der Waals surface area contributed by atoms with Crippen molar-refractivity contribution in [2.75, 3.05) is 5.32 Å². The van der Waals surface area contributed by atoms with Gasteiger partial charge in [-0.3, -0.25) is 0 Å². The molecule has 4 heteroatoms. The second-order valence-electron chi connectivity index (χ2n) is 3.83. The monoisotopic (exact) mass is 243 g/mol. The first-order chi connectivity index (χ1) is 8.19. The van der Waals surface area contributed by atoms with Crippen molar-refractivity contribution in [3.8, 4) is 6.07 Å². The third-order valence-corrected chi connectivity index (χ3v) is 3.60. The van der Waals surface area contributed by atoms with Crippen molar-refractivity contribution in [2.24, 2.45) is 0 Å². The van der Waals surface area contributed by atoms with Crippen LogP contribution in [0.3, 0.4) is 0 Å². The summed E-state index contributed by atoms with van der Waals surface area (Å²) in [6, 6.07) is 11.9. The molecule has 0 radical (unpaired) electrons. The van der Waals surface area contributed by atoms with Crippen molar-refractivity contribution in [1.29, 1.82) is 5.26 Å². The lowest BCUT2D eigenvalue weighted by Crippen LogP contribution is -2.06. The number of aromatic nitrogens is 1.